The predicted molar refractivity (Wildman–Crippen MR) is 108 cm³/mol. The summed E-state index contributed by atoms with van der Waals surface area (Å²) in [5.74, 6) is 1.38. The van der Waals surface area contributed by atoms with Gasteiger partial charge in [-0.05, 0) is 36.3 Å². The summed E-state index contributed by atoms with van der Waals surface area (Å²) in [5.41, 5.74) is 1.27. The van der Waals surface area contributed by atoms with Crippen LogP contribution in [0, 0.1) is 11.8 Å². The molecule has 146 valence electrons. The second-order valence-electron chi connectivity index (χ2n) is 7.26. The molecule has 2 aromatic rings. The van der Waals surface area contributed by atoms with Crippen LogP contribution in [-0.4, -0.2) is 28.6 Å². The van der Waals surface area contributed by atoms with E-state index in [2.05, 4.69) is 60.3 Å². The Bertz CT molecular complexity index is 676. The number of nitrogens with zero attached hydrogens (tertiary/aromatic N) is 2. The first-order valence-corrected chi connectivity index (χ1v) is 9.74. The number of anilines is 1. The van der Waals surface area contributed by atoms with E-state index in [-0.39, 0.29) is 23.9 Å². The van der Waals surface area contributed by atoms with Crippen molar-refractivity contribution in [3.05, 3.63) is 54.4 Å². The Hall–Kier alpha value is -2.43. The van der Waals surface area contributed by atoms with Gasteiger partial charge in [0, 0.05) is 31.8 Å². The van der Waals surface area contributed by atoms with Gasteiger partial charge in [0.2, 0.25) is 5.95 Å². The van der Waals surface area contributed by atoms with E-state index in [0.29, 0.717) is 11.9 Å². The van der Waals surface area contributed by atoms with Crippen molar-refractivity contribution in [3.8, 4) is 0 Å². The number of aromatic nitrogens is 2. The maximum Gasteiger partial charge on any atom is 0.302 e. The molecule has 1 aromatic heterocycles. The Kier molecular flexibility index (Phi) is 8.24. The second-order valence-corrected chi connectivity index (χ2v) is 7.26. The molecule has 0 bridgehead atoms. The SMILES string of the molecule is CCC(OC(C)=O)C(CC(CNc1ncccn1)c1ccccc1)C(C)C. The van der Waals surface area contributed by atoms with Crippen LogP contribution in [-0.2, 0) is 9.53 Å². The molecule has 1 N–H and O–H groups in total. The van der Waals surface area contributed by atoms with Gasteiger partial charge in [-0.25, -0.2) is 9.97 Å². The fourth-order valence-corrected chi connectivity index (χ4v) is 3.54. The lowest BCUT2D eigenvalue weighted by molar-refractivity contribution is -0.150. The summed E-state index contributed by atoms with van der Waals surface area (Å²) in [5, 5.41) is 3.36. The van der Waals surface area contributed by atoms with E-state index >= 15 is 0 Å². The Morgan fingerprint density at radius 2 is 1.78 bits per heavy atom. The van der Waals surface area contributed by atoms with Crippen LogP contribution in [0.15, 0.2) is 48.8 Å². The zero-order valence-electron chi connectivity index (χ0n) is 16.8. The van der Waals surface area contributed by atoms with E-state index in [1.165, 1.54) is 12.5 Å². The number of ether oxygens (including phenoxy) is 1. The third-order valence-corrected chi connectivity index (χ3v) is 4.95. The number of nitrogens with one attached hydrogen (secondary N) is 1. The number of esters is 1. The average molecular weight is 370 g/mol. The van der Waals surface area contributed by atoms with Crippen molar-refractivity contribution < 1.29 is 9.53 Å². The summed E-state index contributed by atoms with van der Waals surface area (Å²) in [6.45, 7) is 8.70. The predicted octanol–water partition coefficient (Wildman–Crippen LogP) is 4.68. The smallest absolute Gasteiger partial charge is 0.302 e. The van der Waals surface area contributed by atoms with Crippen LogP contribution in [0.2, 0.25) is 0 Å². The molecule has 5 heteroatoms. The molecule has 1 aromatic carbocycles. The minimum absolute atomic E-state index is 0.0679. The van der Waals surface area contributed by atoms with Gasteiger partial charge in [-0.2, -0.15) is 0 Å². The number of hydrogen-bond donors (Lipinski definition) is 1. The number of benzene rings is 1. The van der Waals surface area contributed by atoms with Crippen molar-refractivity contribution in [1.29, 1.82) is 0 Å². The molecular weight excluding hydrogens is 338 g/mol. The molecule has 0 saturated carbocycles. The van der Waals surface area contributed by atoms with Crippen LogP contribution in [0.5, 0.6) is 0 Å². The van der Waals surface area contributed by atoms with Gasteiger partial charge in [0.05, 0.1) is 0 Å². The molecule has 2 rings (SSSR count). The van der Waals surface area contributed by atoms with Crippen LogP contribution >= 0.6 is 0 Å². The molecule has 1 heterocycles. The molecule has 5 nitrogen and oxygen atoms in total. The fourth-order valence-electron chi connectivity index (χ4n) is 3.54. The molecule has 0 aliphatic carbocycles. The molecule has 0 radical (unpaired) electrons. The molecule has 0 amide bonds. The molecule has 0 aliphatic rings. The summed E-state index contributed by atoms with van der Waals surface area (Å²) in [4.78, 5) is 20.1. The average Bonchev–Trinajstić information content (AvgIpc) is 2.67. The highest BCUT2D eigenvalue weighted by Gasteiger charge is 2.29. The van der Waals surface area contributed by atoms with Gasteiger partial charge >= 0.3 is 5.97 Å². The number of carbonyl (C=O) groups is 1. The van der Waals surface area contributed by atoms with Gasteiger partial charge in [-0.3, -0.25) is 4.79 Å². The lowest BCUT2D eigenvalue weighted by Crippen LogP contribution is -2.32. The van der Waals surface area contributed by atoms with Gasteiger partial charge in [-0.1, -0.05) is 51.1 Å². The third kappa shape index (κ3) is 6.66. The normalized spacial score (nSPS) is 14.4. The first kappa shape index (κ1) is 20.9. The summed E-state index contributed by atoms with van der Waals surface area (Å²) >= 11 is 0. The van der Waals surface area contributed by atoms with Crippen LogP contribution in [0.4, 0.5) is 5.95 Å². The number of rotatable bonds is 10. The maximum absolute atomic E-state index is 11.6. The van der Waals surface area contributed by atoms with Gasteiger partial charge < -0.3 is 10.1 Å². The lowest BCUT2D eigenvalue weighted by atomic mass is 9.79. The van der Waals surface area contributed by atoms with E-state index in [9.17, 15) is 4.79 Å². The first-order chi connectivity index (χ1) is 13.0. The maximum atomic E-state index is 11.6. The van der Waals surface area contributed by atoms with Gasteiger partial charge in [-0.15, -0.1) is 0 Å². The molecule has 0 fully saturated rings. The van der Waals surface area contributed by atoms with Crippen LogP contribution in [0.1, 0.15) is 52.0 Å². The molecule has 0 aliphatic heterocycles. The summed E-state index contributed by atoms with van der Waals surface area (Å²) < 4.78 is 5.64. The standard InChI is InChI=1S/C22H31N3O2/c1-5-21(27-17(4)26)20(16(2)3)14-19(18-10-7-6-8-11-18)15-25-22-23-12-9-13-24-22/h6-13,16,19-21H,5,14-15H2,1-4H3,(H,23,24,25). The van der Waals surface area contributed by atoms with Crippen molar-refractivity contribution in [2.24, 2.45) is 11.8 Å². The molecule has 3 unspecified atom stereocenters. The lowest BCUT2D eigenvalue weighted by Gasteiger charge is -2.32. The molecule has 3 atom stereocenters. The Morgan fingerprint density at radius 1 is 1.11 bits per heavy atom. The molecule has 27 heavy (non-hydrogen) atoms. The van der Waals surface area contributed by atoms with Crippen LogP contribution in [0.25, 0.3) is 0 Å². The number of carbonyl (C=O) groups excluding carboxylic acids is 1. The molecule has 0 saturated heterocycles. The van der Waals surface area contributed by atoms with Gasteiger partial charge in [0.1, 0.15) is 6.10 Å². The van der Waals surface area contributed by atoms with Crippen molar-refractivity contribution in [3.63, 3.8) is 0 Å². The van der Waals surface area contributed by atoms with Crippen molar-refractivity contribution in [1.82, 2.24) is 9.97 Å². The van der Waals surface area contributed by atoms with Crippen molar-refractivity contribution in [2.75, 3.05) is 11.9 Å². The number of hydrogen-bond acceptors (Lipinski definition) is 5. The van der Waals surface area contributed by atoms with Crippen LogP contribution in [0.3, 0.4) is 0 Å². The minimum Gasteiger partial charge on any atom is -0.462 e. The van der Waals surface area contributed by atoms with E-state index < -0.39 is 0 Å². The quantitative estimate of drug-likeness (QED) is 0.616. The summed E-state index contributed by atoms with van der Waals surface area (Å²) in [6.07, 6.45) is 5.14. The zero-order valence-corrected chi connectivity index (χ0v) is 16.8. The van der Waals surface area contributed by atoms with Gasteiger partial charge in [0.25, 0.3) is 0 Å². The summed E-state index contributed by atoms with van der Waals surface area (Å²) in [6, 6.07) is 12.3. The zero-order chi connectivity index (χ0) is 19.6. The van der Waals surface area contributed by atoms with Crippen LogP contribution < -0.4 is 5.32 Å². The highest BCUT2D eigenvalue weighted by atomic mass is 16.5. The molecule has 0 spiro atoms. The molecular formula is C22H31N3O2. The van der Waals surface area contributed by atoms with E-state index in [0.717, 1.165) is 19.4 Å². The van der Waals surface area contributed by atoms with Crippen molar-refractivity contribution in [2.45, 2.75) is 52.6 Å². The van der Waals surface area contributed by atoms with Gasteiger partial charge in [0.15, 0.2) is 0 Å². The topological polar surface area (TPSA) is 64.1 Å². The van der Waals surface area contributed by atoms with E-state index in [4.69, 9.17) is 4.74 Å². The Labute approximate surface area is 162 Å². The monoisotopic (exact) mass is 369 g/mol. The second kappa shape index (κ2) is 10.7. The highest BCUT2D eigenvalue weighted by Crippen LogP contribution is 2.32. The minimum atomic E-state index is -0.209. The fraction of sp³-hybridized carbons (Fsp3) is 0.500. The van der Waals surface area contributed by atoms with Crippen molar-refractivity contribution >= 4 is 11.9 Å². The summed E-state index contributed by atoms with van der Waals surface area (Å²) in [7, 11) is 0. The Morgan fingerprint density at radius 3 is 2.33 bits per heavy atom. The largest absolute Gasteiger partial charge is 0.462 e. The first-order valence-electron chi connectivity index (χ1n) is 9.74. The van der Waals surface area contributed by atoms with E-state index in [1.54, 1.807) is 18.5 Å². The third-order valence-electron chi connectivity index (χ3n) is 4.95. The Balaban J connectivity index is 2.18. The highest BCUT2D eigenvalue weighted by molar-refractivity contribution is 5.66. The van der Waals surface area contributed by atoms with E-state index in [1.807, 2.05) is 6.07 Å².